The van der Waals surface area contributed by atoms with Crippen LogP contribution in [0, 0.1) is 0 Å². The highest BCUT2D eigenvalue weighted by molar-refractivity contribution is 5.99. The van der Waals surface area contributed by atoms with Gasteiger partial charge in [-0.05, 0) is 36.2 Å². The van der Waals surface area contributed by atoms with Gasteiger partial charge in [0.1, 0.15) is 5.75 Å². The molecular formula is C20H16F3N3O3. The van der Waals surface area contributed by atoms with Crippen LogP contribution in [-0.4, -0.2) is 28.1 Å². The van der Waals surface area contributed by atoms with E-state index < -0.39 is 12.1 Å². The molecule has 0 saturated carbocycles. The summed E-state index contributed by atoms with van der Waals surface area (Å²) >= 11 is 0. The fourth-order valence-electron chi connectivity index (χ4n) is 3.31. The van der Waals surface area contributed by atoms with Crippen molar-refractivity contribution in [3.8, 4) is 17.1 Å². The van der Waals surface area contributed by atoms with Gasteiger partial charge in [-0.15, -0.1) is 0 Å². The van der Waals surface area contributed by atoms with Crippen LogP contribution in [0.2, 0.25) is 0 Å². The van der Waals surface area contributed by atoms with Gasteiger partial charge in [-0.25, -0.2) is 0 Å². The van der Waals surface area contributed by atoms with Gasteiger partial charge in [-0.1, -0.05) is 29.4 Å². The van der Waals surface area contributed by atoms with E-state index >= 15 is 0 Å². The number of rotatable bonds is 4. The minimum Gasteiger partial charge on any atom is -0.497 e. The third kappa shape index (κ3) is 3.43. The third-order valence-corrected chi connectivity index (χ3v) is 4.91. The highest BCUT2D eigenvalue weighted by Gasteiger charge is 2.39. The van der Waals surface area contributed by atoms with E-state index in [1.165, 1.54) is 6.07 Å². The first-order valence-corrected chi connectivity index (χ1v) is 8.77. The van der Waals surface area contributed by atoms with E-state index in [1.807, 2.05) is 31.2 Å². The van der Waals surface area contributed by atoms with Crippen LogP contribution in [-0.2, 0) is 12.7 Å². The lowest BCUT2D eigenvalue weighted by atomic mass is 10.1. The zero-order valence-corrected chi connectivity index (χ0v) is 15.5. The quantitative estimate of drug-likeness (QED) is 0.643. The second-order valence-corrected chi connectivity index (χ2v) is 6.68. The second-order valence-electron chi connectivity index (χ2n) is 6.68. The molecule has 2 aromatic carbocycles. The number of alkyl halides is 3. The molecule has 6 nitrogen and oxygen atoms in total. The van der Waals surface area contributed by atoms with E-state index in [-0.39, 0.29) is 23.3 Å². The largest absolute Gasteiger partial charge is 0.497 e. The normalized spacial score (nSPS) is 14.8. The molecule has 1 atom stereocenters. The van der Waals surface area contributed by atoms with E-state index in [0.717, 1.165) is 11.1 Å². The van der Waals surface area contributed by atoms with Crippen molar-refractivity contribution in [1.82, 2.24) is 15.0 Å². The highest BCUT2D eigenvalue weighted by atomic mass is 19.4. The summed E-state index contributed by atoms with van der Waals surface area (Å²) in [5.74, 6) is -1.16. The monoisotopic (exact) mass is 403 g/mol. The summed E-state index contributed by atoms with van der Waals surface area (Å²) in [4.78, 5) is 18.0. The maximum absolute atomic E-state index is 13.0. The Kier molecular flexibility index (Phi) is 4.52. The number of amides is 1. The smallest absolute Gasteiger partial charge is 0.471 e. The van der Waals surface area contributed by atoms with Crippen LogP contribution in [0.4, 0.5) is 13.2 Å². The Morgan fingerprint density at radius 3 is 2.69 bits per heavy atom. The zero-order chi connectivity index (χ0) is 20.8. The molecule has 0 aliphatic carbocycles. The van der Waals surface area contributed by atoms with Crippen molar-refractivity contribution >= 4 is 5.91 Å². The van der Waals surface area contributed by atoms with Crippen molar-refractivity contribution in [2.24, 2.45) is 0 Å². The summed E-state index contributed by atoms with van der Waals surface area (Å²) in [5.41, 5.74) is 2.40. The number of methoxy groups -OCH3 is 1. The minimum absolute atomic E-state index is 0.211. The molecule has 0 saturated heterocycles. The number of carbonyl (C=O) groups is 1. The lowest BCUT2D eigenvalue weighted by Crippen LogP contribution is -2.27. The summed E-state index contributed by atoms with van der Waals surface area (Å²) in [6, 6.07) is 12.0. The molecular weight excluding hydrogens is 387 g/mol. The predicted molar refractivity (Wildman–Crippen MR) is 96.0 cm³/mol. The first kappa shape index (κ1) is 19.0. The SMILES string of the molecule is COc1cccc([C@H](C)N2Cc3ccc(-c4noc(C(F)(F)F)n4)cc3C2=O)c1. The molecule has 150 valence electrons. The standard InChI is InChI=1S/C20H16F3N3O3/c1-11(12-4-3-5-15(8-12)28-2)26-10-14-7-6-13(9-16(14)18(26)27)17-24-19(29-25-17)20(21,22)23/h3-9,11H,10H2,1-2H3/t11-/m0/s1. The van der Waals surface area contributed by atoms with Gasteiger partial charge in [-0.2, -0.15) is 18.2 Å². The van der Waals surface area contributed by atoms with Crippen molar-refractivity contribution in [3.05, 3.63) is 65.0 Å². The zero-order valence-electron chi connectivity index (χ0n) is 15.5. The Hall–Kier alpha value is -3.36. The molecule has 3 aromatic rings. The maximum atomic E-state index is 13.0. The van der Waals surface area contributed by atoms with Crippen LogP contribution >= 0.6 is 0 Å². The van der Waals surface area contributed by atoms with E-state index in [1.54, 1.807) is 24.1 Å². The molecule has 0 bridgehead atoms. The molecule has 0 N–H and O–H groups in total. The Balaban J connectivity index is 1.61. The van der Waals surface area contributed by atoms with Gasteiger partial charge in [0.15, 0.2) is 0 Å². The lowest BCUT2D eigenvalue weighted by molar-refractivity contribution is -0.159. The maximum Gasteiger partial charge on any atom is 0.471 e. The van der Waals surface area contributed by atoms with Crippen molar-refractivity contribution in [2.75, 3.05) is 7.11 Å². The number of nitrogens with zero attached hydrogens (tertiary/aromatic N) is 3. The molecule has 1 amide bonds. The molecule has 0 spiro atoms. The lowest BCUT2D eigenvalue weighted by Gasteiger charge is -2.25. The van der Waals surface area contributed by atoms with Gasteiger partial charge in [0.2, 0.25) is 5.82 Å². The molecule has 2 heterocycles. The number of halogens is 3. The number of carbonyl (C=O) groups excluding carboxylic acids is 1. The number of benzene rings is 2. The molecule has 0 radical (unpaired) electrons. The van der Waals surface area contributed by atoms with Crippen LogP contribution in [0.5, 0.6) is 5.75 Å². The Morgan fingerprint density at radius 2 is 2.00 bits per heavy atom. The van der Waals surface area contributed by atoms with Crippen LogP contribution in [0.15, 0.2) is 47.0 Å². The van der Waals surface area contributed by atoms with E-state index in [2.05, 4.69) is 14.7 Å². The number of fused-ring (bicyclic) bond motifs is 1. The number of aromatic nitrogens is 2. The second kappa shape index (κ2) is 6.91. The molecule has 1 aromatic heterocycles. The van der Waals surface area contributed by atoms with Gasteiger partial charge in [0.05, 0.1) is 13.2 Å². The van der Waals surface area contributed by atoms with E-state index in [9.17, 15) is 18.0 Å². The molecule has 9 heteroatoms. The topological polar surface area (TPSA) is 68.5 Å². The minimum atomic E-state index is -4.72. The van der Waals surface area contributed by atoms with E-state index in [4.69, 9.17) is 4.74 Å². The van der Waals surface area contributed by atoms with Gasteiger partial charge >= 0.3 is 12.1 Å². The predicted octanol–water partition coefficient (Wildman–Crippen LogP) is 4.48. The third-order valence-electron chi connectivity index (χ3n) is 4.91. The Bertz CT molecular complexity index is 1080. The Labute approximate surface area is 163 Å². The summed E-state index contributed by atoms with van der Waals surface area (Å²) < 4.78 is 47.6. The number of hydrogen-bond donors (Lipinski definition) is 0. The number of ether oxygens (including phenoxy) is 1. The van der Waals surface area contributed by atoms with Gasteiger partial charge < -0.3 is 14.2 Å². The van der Waals surface area contributed by atoms with Crippen molar-refractivity contribution in [2.45, 2.75) is 25.7 Å². The summed E-state index contributed by atoms with van der Waals surface area (Å²) in [6.07, 6.45) is -4.72. The van der Waals surface area contributed by atoms with Gasteiger partial charge in [0, 0.05) is 17.7 Å². The molecule has 1 aliphatic heterocycles. The van der Waals surface area contributed by atoms with Crippen LogP contribution in [0.1, 0.15) is 40.3 Å². The van der Waals surface area contributed by atoms with Crippen molar-refractivity contribution < 1.29 is 27.2 Å². The summed E-state index contributed by atoms with van der Waals surface area (Å²) in [7, 11) is 1.57. The van der Waals surface area contributed by atoms with Crippen molar-refractivity contribution in [3.63, 3.8) is 0 Å². The molecule has 29 heavy (non-hydrogen) atoms. The van der Waals surface area contributed by atoms with Crippen LogP contribution < -0.4 is 4.74 Å². The average molecular weight is 403 g/mol. The molecule has 0 unspecified atom stereocenters. The highest BCUT2D eigenvalue weighted by Crippen LogP contribution is 2.35. The van der Waals surface area contributed by atoms with Crippen molar-refractivity contribution in [1.29, 1.82) is 0 Å². The van der Waals surface area contributed by atoms with Crippen LogP contribution in [0.25, 0.3) is 11.4 Å². The first-order chi connectivity index (χ1) is 13.8. The molecule has 1 aliphatic rings. The average Bonchev–Trinajstić information content (AvgIpc) is 3.33. The summed E-state index contributed by atoms with van der Waals surface area (Å²) in [5, 5.41) is 3.38. The fraction of sp³-hybridized carbons (Fsp3) is 0.250. The molecule has 0 fully saturated rings. The summed E-state index contributed by atoms with van der Waals surface area (Å²) in [6.45, 7) is 2.31. The number of hydrogen-bond acceptors (Lipinski definition) is 5. The first-order valence-electron chi connectivity index (χ1n) is 8.77. The van der Waals surface area contributed by atoms with Gasteiger partial charge in [0.25, 0.3) is 5.91 Å². The van der Waals surface area contributed by atoms with Crippen LogP contribution in [0.3, 0.4) is 0 Å². The Morgan fingerprint density at radius 1 is 1.21 bits per heavy atom. The van der Waals surface area contributed by atoms with E-state index in [0.29, 0.717) is 17.9 Å². The fourth-order valence-corrected chi connectivity index (χ4v) is 3.31. The molecule has 4 rings (SSSR count). The van der Waals surface area contributed by atoms with Gasteiger partial charge in [-0.3, -0.25) is 4.79 Å².